The molecule has 0 saturated heterocycles. The predicted octanol–water partition coefficient (Wildman–Crippen LogP) is 5.35. The summed E-state index contributed by atoms with van der Waals surface area (Å²) in [6.45, 7) is 7.11. The molecule has 1 N–H and O–H groups in total. The van der Waals surface area contributed by atoms with Gasteiger partial charge in [0.05, 0.1) is 6.10 Å². The van der Waals surface area contributed by atoms with Gasteiger partial charge >= 0.3 is 0 Å². The molecule has 0 aliphatic rings. The van der Waals surface area contributed by atoms with E-state index in [9.17, 15) is 5.11 Å². The smallest absolute Gasteiger partial charge is 0.0776 e. The molecular weight excluding hydrogens is 370 g/mol. The fourth-order valence-electron chi connectivity index (χ4n) is 3.55. The zero-order valence-corrected chi connectivity index (χ0v) is 18.4. The van der Waals surface area contributed by atoms with Crippen LogP contribution in [0.2, 0.25) is 0 Å². The number of hydrogen-bond acceptors (Lipinski definition) is 3. The zero-order valence-electron chi connectivity index (χ0n) is 18.4. The Morgan fingerprint density at radius 1 is 0.733 bits per heavy atom. The molecule has 3 heteroatoms. The van der Waals surface area contributed by atoms with Crippen molar-refractivity contribution in [1.29, 1.82) is 0 Å². The van der Waals surface area contributed by atoms with Crippen molar-refractivity contribution in [2.45, 2.75) is 32.4 Å². The van der Waals surface area contributed by atoms with Gasteiger partial charge in [-0.1, -0.05) is 91.0 Å². The van der Waals surface area contributed by atoms with Gasteiger partial charge in [-0.15, -0.1) is 0 Å². The van der Waals surface area contributed by atoms with E-state index < -0.39 is 6.10 Å². The van der Waals surface area contributed by atoms with Crippen LogP contribution in [0.4, 0.5) is 0 Å². The summed E-state index contributed by atoms with van der Waals surface area (Å²) < 4.78 is 4.83. The fraction of sp³-hybridized carbons (Fsp3) is 0.333. The highest BCUT2D eigenvalue weighted by atomic mass is 16.5. The molecule has 30 heavy (non-hydrogen) atoms. The van der Waals surface area contributed by atoms with Crippen LogP contribution in [0.15, 0.2) is 91.0 Å². The van der Waals surface area contributed by atoms with Crippen molar-refractivity contribution in [3.63, 3.8) is 0 Å². The molecule has 0 fully saturated rings. The Kier molecular flexibility index (Phi) is 10.9. The maximum absolute atomic E-state index is 11.0. The van der Waals surface area contributed by atoms with Crippen LogP contribution in [0.3, 0.4) is 0 Å². The molecule has 0 radical (unpaired) electrons. The average Bonchev–Trinajstić information content (AvgIpc) is 2.77. The van der Waals surface area contributed by atoms with Crippen molar-refractivity contribution in [1.82, 2.24) is 4.90 Å². The molecule has 0 aliphatic carbocycles. The molecule has 1 unspecified atom stereocenters. The molecule has 0 saturated carbocycles. The topological polar surface area (TPSA) is 32.7 Å². The number of likely N-dealkylation sites (N-methyl/N-ethyl adjacent to an activating group) is 1. The van der Waals surface area contributed by atoms with Crippen molar-refractivity contribution in [3.05, 3.63) is 108 Å². The summed E-state index contributed by atoms with van der Waals surface area (Å²) in [6, 6.07) is 30.9. The fourth-order valence-corrected chi connectivity index (χ4v) is 3.55. The van der Waals surface area contributed by atoms with Crippen LogP contribution in [-0.2, 0) is 11.3 Å². The maximum atomic E-state index is 11.0. The summed E-state index contributed by atoms with van der Waals surface area (Å²) in [5.74, 6) is -0.0272. The number of aliphatic hydroxyl groups is 1. The lowest BCUT2D eigenvalue weighted by Gasteiger charge is -2.28. The summed E-state index contributed by atoms with van der Waals surface area (Å²) in [5.41, 5.74) is 3.55. The molecule has 3 nitrogen and oxygen atoms in total. The quantitative estimate of drug-likeness (QED) is 0.521. The van der Waals surface area contributed by atoms with Gasteiger partial charge in [-0.25, -0.2) is 0 Å². The number of benzene rings is 3. The van der Waals surface area contributed by atoms with Crippen LogP contribution in [0.5, 0.6) is 0 Å². The highest BCUT2D eigenvalue weighted by molar-refractivity contribution is 5.33. The van der Waals surface area contributed by atoms with Gasteiger partial charge in [0.2, 0.25) is 0 Å². The summed E-state index contributed by atoms with van der Waals surface area (Å²) in [4.78, 5) is 2.18. The van der Waals surface area contributed by atoms with Crippen LogP contribution in [-0.4, -0.2) is 42.9 Å². The van der Waals surface area contributed by atoms with Gasteiger partial charge in [0.1, 0.15) is 0 Å². The minimum absolute atomic E-state index is 0.0272. The minimum atomic E-state index is -0.474. The third-order valence-corrected chi connectivity index (χ3v) is 4.90. The van der Waals surface area contributed by atoms with E-state index in [4.69, 9.17) is 4.74 Å². The van der Waals surface area contributed by atoms with E-state index >= 15 is 0 Å². The molecule has 3 rings (SSSR count). The van der Waals surface area contributed by atoms with Gasteiger partial charge in [-0.05, 0) is 37.6 Å². The lowest BCUT2D eigenvalue weighted by Crippen LogP contribution is -2.33. The molecule has 3 aromatic carbocycles. The Labute approximate surface area is 182 Å². The van der Waals surface area contributed by atoms with Gasteiger partial charge in [0.15, 0.2) is 0 Å². The first-order valence-electron chi connectivity index (χ1n) is 10.7. The van der Waals surface area contributed by atoms with Crippen molar-refractivity contribution in [2.24, 2.45) is 0 Å². The average molecular weight is 406 g/mol. The molecule has 0 heterocycles. The Morgan fingerprint density at radius 3 is 1.57 bits per heavy atom. The van der Waals surface area contributed by atoms with E-state index in [1.807, 2.05) is 56.3 Å². The van der Waals surface area contributed by atoms with Crippen molar-refractivity contribution in [2.75, 3.05) is 26.8 Å². The van der Waals surface area contributed by atoms with Crippen molar-refractivity contribution in [3.8, 4) is 0 Å². The first-order chi connectivity index (χ1) is 14.7. The third kappa shape index (κ3) is 8.11. The Bertz CT molecular complexity index is 751. The van der Waals surface area contributed by atoms with Gasteiger partial charge in [-0.2, -0.15) is 0 Å². The number of nitrogens with zero attached hydrogens (tertiary/aromatic N) is 1. The number of hydrogen-bond donors (Lipinski definition) is 1. The van der Waals surface area contributed by atoms with Crippen molar-refractivity contribution < 1.29 is 9.84 Å². The minimum Gasteiger partial charge on any atom is -0.391 e. The van der Waals surface area contributed by atoms with E-state index in [0.29, 0.717) is 6.54 Å². The summed E-state index contributed by atoms with van der Waals surface area (Å²) in [6.07, 6.45) is -0.474. The van der Waals surface area contributed by atoms with Crippen LogP contribution in [0, 0.1) is 0 Å². The van der Waals surface area contributed by atoms with Gasteiger partial charge < -0.3 is 9.84 Å². The van der Waals surface area contributed by atoms with Gasteiger partial charge in [-0.3, -0.25) is 4.90 Å². The highest BCUT2D eigenvalue weighted by Crippen LogP contribution is 2.28. The van der Waals surface area contributed by atoms with E-state index in [0.717, 1.165) is 30.9 Å². The molecule has 0 aromatic heterocycles. The van der Waals surface area contributed by atoms with E-state index in [-0.39, 0.29) is 5.92 Å². The lowest BCUT2D eigenvalue weighted by atomic mass is 9.86. The molecule has 0 bridgehead atoms. The van der Waals surface area contributed by atoms with Crippen molar-refractivity contribution >= 4 is 0 Å². The molecule has 160 valence electrons. The normalized spacial score (nSPS) is 11.8. The second-order valence-electron chi connectivity index (χ2n) is 7.33. The van der Waals surface area contributed by atoms with Crippen LogP contribution in [0.1, 0.15) is 36.5 Å². The first kappa shape index (κ1) is 23.8. The maximum Gasteiger partial charge on any atom is 0.0776 e. The van der Waals surface area contributed by atoms with E-state index in [1.165, 1.54) is 5.56 Å². The Morgan fingerprint density at radius 2 is 1.17 bits per heavy atom. The van der Waals surface area contributed by atoms with Crippen LogP contribution < -0.4 is 0 Å². The summed E-state index contributed by atoms with van der Waals surface area (Å²) >= 11 is 0. The molecular formula is C27H35NO2. The van der Waals surface area contributed by atoms with Gasteiger partial charge in [0.25, 0.3) is 0 Å². The third-order valence-electron chi connectivity index (χ3n) is 4.90. The first-order valence-corrected chi connectivity index (χ1v) is 10.7. The number of aliphatic hydroxyl groups excluding tert-OH is 1. The number of rotatable bonds is 9. The van der Waals surface area contributed by atoms with E-state index in [2.05, 4.69) is 60.5 Å². The standard InChI is InChI=1S/C23H25NO.C4H10O/c1-24(17-19-11-5-2-6-12-19)18-22(25)23(20-13-7-3-8-14-20)21-15-9-4-10-16-21;1-3-5-4-2/h2-16,22-23,25H,17-18H2,1H3;3-4H2,1-2H3. The van der Waals surface area contributed by atoms with Crippen LogP contribution >= 0.6 is 0 Å². The second kappa shape index (κ2) is 13.7. The SMILES string of the molecule is CCOCC.CN(Cc1ccccc1)CC(O)C(c1ccccc1)c1ccccc1. The number of ether oxygens (including phenoxy) is 1. The molecule has 3 aromatic rings. The summed E-state index contributed by atoms with van der Waals surface area (Å²) in [5, 5.41) is 11.0. The second-order valence-corrected chi connectivity index (χ2v) is 7.33. The van der Waals surface area contributed by atoms with Crippen LogP contribution in [0.25, 0.3) is 0 Å². The largest absolute Gasteiger partial charge is 0.391 e. The molecule has 0 amide bonds. The van der Waals surface area contributed by atoms with E-state index in [1.54, 1.807) is 0 Å². The lowest BCUT2D eigenvalue weighted by molar-refractivity contribution is 0.108. The predicted molar refractivity (Wildman–Crippen MR) is 126 cm³/mol. The molecule has 0 spiro atoms. The molecule has 0 aliphatic heterocycles. The van der Waals surface area contributed by atoms with Gasteiger partial charge in [0, 0.05) is 32.2 Å². The Hall–Kier alpha value is -2.46. The zero-order chi connectivity index (χ0) is 21.6. The highest BCUT2D eigenvalue weighted by Gasteiger charge is 2.24. The Balaban J connectivity index is 0.000000575. The monoisotopic (exact) mass is 405 g/mol. The molecule has 1 atom stereocenters. The summed E-state index contributed by atoms with van der Waals surface area (Å²) in [7, 11) is 2.06.